The zero-order valence-corrected chi connectivity index (χ0v) is 9.73. The van der Waals surface area contributed by atoms with Crippen LogP contribution in [0.15, 0.2) is 36.7 Å². The first-order chi connectivity index (χ1) is 8.43. The van der Waals surface area contributed by atoms with E-state index in [9.17, 15) is 0 Å². The third-order valence-corrected chi connectivity index (χ3v) is 3.22. The minimum Gasteiger partial charge on any atom is -0.490 e. The van der Waals surface area contributed by atoms with Crippen molar-refractivity contribution < 1.29 is 4.74 Å². The number of ether oxygens (including phenoxy) is 1. The summed E-state index contributed by atoms with van der Waals surface area (Å²) in [6.45, 7) is 2.11. The first kappa shape index (κ1) is 10.5. The summed E-state index contributed by atoms with van der Waals surface area (Å²) in [4.78, 5) is 4.14. The molecule has 1 fully saturated rings. The molecule has 0 bridgehead atoms. The van der Waals surface area contributed by atoms with E-state index in [2.05, 4.69) is 16.4 Å². The minimum absolute atomic E-state index is 0.343. The highest BCUT2D eigenvalue weighted by Crippen LogP contribution is 2.26. The number of hydrogen-bond acceptors (Lipinski definition) is 3. The van der Waals surface area contributed by atoms with Gasteiger partial charge in [0.15, 0.2) is 0 Å². The standard InChI is InChI=1S/C14H16N2O/c1-2-11-10-16-9-6-13(11)14(3-1)17-12-4-7-15-8-5-12/h1-3,6,9-10,12,15H,4-5,7-8H2. The molecule has 1 aliphatic heterocycles. The monoisotopic (exact) mass is 228 g/mol. The van der Waals surface area contributed by atoms with E-state index in [0.29, 0.717) is 6.10 Å². The molecular formula is C14H16N2O. The topological polar surface area (TPSA) is 34.1 Å². The fourth-order valence-corrected chi connectivity index (χ4v) is 2.29. The normalized spacial score (nSPS) is 17.2. The predicted molar refractivity (Wildman–Crippen MR) is 68.3 cm³/mol. The fourth-order valence-electron chi connectivity index (χ4n) is 2.29. The van der Waals surface area contributed by atoms with Gasteiger partial charge in [-0.05, 0) is 38.1 Å². The Hall–Kier alpha value is -1.61. The maximum atomic E-state index is 6.10. The van der Waals surface area contributed by atoms with E-state index in [1.165, 1.54) is 0 Å². The Morgan fingerprint density at radius 2 is 2.06 bits per heavy atom. The first-order valence-electron chi connectivity index (χ1n) is 6.13. The second-order valence-electron chi connectivity index (χ2n) is 4.42. The zero-order valence-electron chi connectivity index (χ0n) is 9.73. The van der Waals surface area contributed by atoms with Crippen LogP contribution in [0.4, 0.5) is 0 Å². The average Bonchev–Trinajstić information content (AvgIpc) is 2.40. The molecule has 1 aromatic heterocycles. The molecule has 0 amide bonds. The highest BCUT2D eigenvalue weighted by Gasteiger charge is 2.15. The van der Waals surface area contributed by atoms with Crippen molar-refractivity contribution in [2.24, 2.45) is 0 Å². The Morgan fingerprint density at radius 1 is 1.18 bits per heavy atom. The van der Waals surface area contributed by atoms with Crippen LogP contribution in [0, 0.1) is 0 Å². The molecule has 0 aliphatic carbocycles. The number of piperidine rings is 1. The van der Waals surface area contributed by atoms with Gasteiger partial charge in [0.25, 0.3) is 0 Å². The van der Waals surface area contributed by atoms with Crippen LogP contribution in [0.2, 0.25) is 0 Å². The van der Waals surface area contributed by atoms with Crippen LogP contribution in [0.1, 0.15) is 12.8 Å². The van der Waals surface area contributed by atoms with Gasteiger partial charge in [-0.15, -0.1) is 0 Å². The highest BCUT2D eigenvalue weighted by molar-refractivity contribution is 5.87. The third kappa shape index (κ3) is 2.24. The van der Waals surface area contributed by atoms with Gasteiger partial charge in [-0.3, -0.25) is 4.98 Å². The summed E-state index contributed by atoms with van der Waals surface area (Å²) in [5, 5.41) is 5.64. The van der Waals surface area contributed by atoms with Crippen LogP contribution in [-0.2, 0) is 0 Å². The molecule has 17 heavy (non-hydrogen) atoms. The quantitative estimate of drug-likeness (QED) is 0.856. The number of nitrogens with one attached hydrogen (secondary N) is 1. The van der Waals surface area contributed by atoms with Crippen molar-refractivity contribution in [3.8, 4) is 5.75 Å². The van der Waals surface area contributed by atoms with Gasteiger partial charge in [-0.1, -0.05) is 12.1 Å². The second kappa shape index (κ2) is 4.72. The molecule has 2 aromatic rings. The van der Waals surface area contributed by atoms with Gasteiger partial charge < -0.3 is 10.1 Å². The van der Waals surface area contributed by atoms with Gasteiger partial charge in [-0.25, -0.2) is 0 Å². The molecule has 1 saturated heterocycles. The van der Waals surface area contributed by atoms with Gasteiger partial charge in [-0.2, -0.15) is 0 Å². The summed E-state index contributed by atoms with van der Waals surface area (Å²) < 4.78 is 6.10. The Bertz CT molecular complexity index is 501. The van der Waals surface area contributed by atoms with E-state index in [-0.39, 0.29) is 0 Å². The molecule has 3 nitrogen and oxygen atoms in total. The number of pyridine rings is 1. The van der Waals surface area contributed by atoms with Gasteiger partial charge in [0.1, 0.15) is 11.9 Å². The summed E-state index contributed by atoms with van der Waals surface area (Å²) in [6.07, 6.45) is 6.21. The fraction of sp³-hybridized carbons (Fsp3) is 0.357. The number of hydrogen-bond donors (Lipinski definition) is 1. The first-order valence-corrected chi connectivity index (χ1v) is 6.13. The predicted octanol–water partition coefficient (Wildman–Crippen LogP) is 2.37. The molecule has 0 radical (unpaired) electrons. The van der Waals surface area contributed by atoms with E-state index >= 15 is 0 Å². The molecule has 1 aliphatic rings. The van der Waals surface area contributed by atoms with Gasteiger partial charge in [0, 0.05) is 23.2 Å². The highest BCUT2D eigenvalue weighted by atomic mass is 16.5. The molecule has 3 rings (SSSR count). The third-order valence-electron chi connectivity index (χ3n) is 3.22. The van der Waals surface area contributed by atoms with Crippen LogP contribution in [-0.4, -0.2) is 24.2 Å². The zero-order chi connectivity index (χ0) is 11.5. The summed E-state index contributed by atoms with van der Waals surface area (Å²) in [5.74, 6) is 0.983. The number of aromatic nitrogens is 1. The lowest BCUT2D eigenvalue weighted by molar-refractivity contribution is 0.164. The average molecular weight is 228 g/mol. The molecule has 1 N–H and O–H groups in total. The SMILES string of the molecule is c1cc(OC2CCNCC2)c2ccncc2c1. The van der Waals surface area contributed by atoms with Crippen LogP contribution < -0.4 is 10.1 Å². The van der Waals surface area contributed by atoms with Crippen molar-refractivity contribution in [2.45, 2.75) is 18.9 Å². The van der Waals surface area contributed by atoms with Crippen LogP contribution in [0.3, 0.4) is 0 Å². The molecule has 88 valence electrons. The number of benzene rings is 1. The molecule has 0 unspecified atom stereocenters. The van der Waals surface area contributed by atoms with Crippen molar-refractivity contribution in [3.63, 3.8) is 0 Å². The molecule has 1 aromatic carbocycles. The van der Waals surface area contributed by atoms with Crippen molar-refractivity contribution in [3.05, 3.63) is 36.7 Å². The van der Waals surface area contributed by atoms with Crippen molar-refractivity contribution in [1.82, 2.24) is 10.3 Å². The Kier molecular flexibility index (Phi) is 2.92. The lowest BCUT2D eigenvalue weighted by Crippen LogP contribution is -2.34. The molecule has 3 heteroatoms. The summed E-state index contributed by atoms with van der Waals surface area (Å²) in [5.41, 5.74) is 0. The second-order valence-corrected chi connectivity index (χ2v) is 4.42. The van der Waals surface area contributed by atoms with E-state index in [1.54, 1.807) is 0 Å². The summed E-state index contributed by atoms with van der Waals surface area (Å²) in [7, 11) is 0. The number of nitrogens with zero attached hydrogens (tertiary/aromatic N) is 1. The van der Waals surface area contributed by atoms with Crippen molar-refractivity contribution >= 4 is 10.8 Å². The number of fused-ring (bicyclic) bond motifs is 1. The molecule has 0 atom stereocenters. The van der Waals surface area contributed by atoms with Crippen LogP contribution in [0.25, 0.3) is 10.8 Å². The van der Waals surface area contributed by atoms with Crippen molar-refractivity contribution in [2.75, 3.05) is 13.1 Å². The van der Waals surface area contributed by atoms with Gasteiger partial charge in [0.2, 0.25) is 0 Å². The molecule has 0 saturated carbocycles. The van der Waals surface area contributed by atoms with Gasteiger partial charge in [0.05, 0.1) is 0 Å². The lowest BCUT2D eigenvalue weighted by atomic mass is 10.1. The van der Waals surface area contributed by atoms with Crippen LogP contribution >= 0.6 is 0 Å². The minimum atomic E-state index is 0.343. The Morgan fingerprint density at radius 3 is 2.94 bits per heavy atom. The van der Waals surface area contributed by atoms with E-state index < -0.39 is 0 Å². The Balaban J connectivity index is 1.89. The summed E-state index contributed by atoms with van der Waals surface area (Å²) >= 11 is 0. The van der Waals surface area contributed by atoms with E-state index in [1.807, 2.05) is 30.6 Å². The van der Waals surface area contributed by atoms with E-state index in [0.717, 1.165) is 42.5 Å². The maximum absolute atomic E-state index is 6.10. The lowest BCUT2D eigenvalue weighted by Gasteiger charge is -2.24. The summed E-state index contributed by atoms with van der Waals surface area (Å²) in [6, 6.07) is 8.16. The van der Waals surface area contributed by atoms with E-state index in [4.69, 9.17) is 4.74 Å². The molecule has 0 spiro atoms. The molecular weight excluding hydrogens is 212 g/mol. The smallest absolute Gasteiger partial charge is 0.127 e. The van der Waals surface area contributed by atoms with Crippen LogP contribution in [0.5, 0.6) is 5.75 Å². The number of rotatable bonds is 2. The Labute approximate surface area is 101 Å². The largest absolute Gasteiger partial charge is 0.490 e. The van der Waals surface area contributed by atoms with Crippen molar-refractivity contribution in [1.29, 1.82) is 0 Å². The maximum Gasteiger partial charge on any atom is 0.127 e. The molecule has 2 heterocycles. The van der Waals surface area contributed by atoms with Gasteiger partial charge >= 0.3 is 0 Å².